The van der Waals surface area contributed by atoms with Crippen LogP contribution in [-0.4, -0.2) is 44.1 Å². The van der Waals surface area contributed by atoms with E-state index in [9.17, 15) is 4.79 Å². The van der Waals surface area contributed by atoms with Crippen LogP contribution in [0.5, 0.6) is 0 Å². The number of hydrogen-bond acceptors (Lipinski definition) is 3. The first kappa shape index (κ1) is 15.5. The molecule has 0 spiro atoms. The molecule has 1 heterocycles. The van der Waals surface area contributed by atoms with Gasteiger partial charge in [-0.2, -0.15) is 0 Å². The normalized spacial score (nSPS) is 17.1. The Morgan fingerprint density at radius 2 is 2.15 bits per heavy atom. The third-order valence-electron chi connectivity index (χ3n) is 3.66. The molecule has 1 aliphatic rings. The molecule has 4 nitrogen and oxygen atoms in total. The van der Waals surface area contributed by atoms with Crippen LogP contribution in [0.1, 0.15) is 28.8 Å². The lowest BCUT2D eigenvalue weighted by molar-refractivity contribution is 0.0916. The van der Waals surface area contributed by atoms with E-state index in [0.717, 1.165) is 36.0 Å². The topological polar surface area (TPSA) is 41.6 Å². The van der Waals surface area contributed by atoms with Gasteiger partial charge >= 0.3 is 0 Å². The van der Waals surface area contributed by atoms with Crippen molar-refractivity contribution >= 4 is 21.8 Å². The van der Waals surface area contributed by atoms with Gasteiger partial charge < -0.3 is 15.0 Å². The lowest BCUT2D eigenvalue weighted by Crippen LogP contribution is -2.43. The molecule has 5 heteroatoms. The highest BCUT2D eigenvalue weighted by atomic mass is 79.9. The van der Waals surface area contributed by atoms with Gasteiger partial charge in [0.05, 0.1) is 6.61 Å². The second-order valence-corrected chi connectivity index (χ2v) is 6.14. The highest BCUT2D eigenvalue weighted by Crippen LogP contribution is 2.19. The zero-order chi connectivity index (χ0) is 14.5. The molecular formula is C15H21BrN2O2. The Hall–Kier alpha value is -0.910. The Bertz CT molecular complexity index is 471. The summed E-state index contributed by atoms with van der Waals surface area (Å²) >= 11 is 3.47. The van der Waals surface area contributed by atoms with E-state index in [1.54, 1.807) is 7.11 Å². The summed E-state index contributed by atoms with van der Waals surface area (Å²) in [6.07, 6.45) is 2.04. The van der Waals surface area contributed by atoms with Crippen LogP contribution in [0.3, 0.4) is 0 Å². The standard InChI is InChI=1S/C15H21BrN2O2/c1-18-7-5-13(6-8-18)17-15(19)11-3-4-14(16)12(9-11)10-20-2/h3-4,9,13H,5-8,10H2,1-2H3,(H,17,19). The first-order valence-corrected chi connectivity index (χ1v) is 7.66. The van der Waals surface area contributed by atoms with Crippen molar-refractivity contribution < 1.29 is 9.53 Å². The number of amides is 1. The van der Waals surface area contributed by atoms with Crippen LogP contribution in [-0.2, 0) is 11.3 Å². The number of methoxy groups -OCH3 is 1. The zero-order valence-corrected chi connectivity index (χ0v) is 13.6. The minimum atomic E-state index is 0.00408. The molecule has 0 saturated carbocycles. The van der Waals surface area contributed by atoms with Crippen LogP contribution in [0.4, 0.5) is 0 Å². The summed E-state index contributed by atoms with van der Waals surface area (Å²) in [5.41, 5.74) is 1.68. The minimum Gasteiger partial charge on any atom is -0.380 e. The maximum atomic E-state index is 12.3. The molecule has 0 radical (unpaired) electrons. The first-order valence-electron chi connectivity index (χ1n) is 6.87. The maximum absolute atomic E-state index is 12.3. The third-order valence-corrected chi connectivity index (χ3v) is 4.44. The van der Waals surface area contributed by atoms with Crippen LogP contribution < -0.4 is 5.32 Å². The molecule has 1 saturated heterocycles. The molecule has 20 heavy (non-hydrogen) atoms. The zero-order valence-electron chi connectivity index (χ0n) is 12.0. The maximum Gasteiger partial charge on any atom is 0.251 e. The largest absolute Gasteiger partial charge is 0.380 e. The number of carbonyl (C=O) groups excluding carboxylic acids is 1. The van der Waals surface area contributed by atoms with E-state index in [1.807, 2.05) is 18.2 Å². The number of hydrogen-bond donors (Lipinski definition) is 1. The number of likely N-dealkylation sites (tertiary alicyclic amines) is 1. The molecule has 0 aromatic heterocycles. The summed E-state index contributed by atoms with van der Waals surface area (Å²) in [4.78, 5) is 14.6. The van der Waals surface area contributed by atoms with Crippen molar-refractivity contribution in [2.24, 2.45) is 0 Å². The number of carbonyl (C=O) groups is 1. The molecule has 1 aromatic rings. The smallest absolute Gasteiger partial charge is 0.251 e. The van der Waals surface area contributed by atoms with Gasteiger partial charge in [0.15, 0.2) is 0 Å². The van der Waals surface area contributed by atoms with Crippen LogP contribution in [0.15, 0.2) is 22.7 Å². The summed E-state index contributed by atoms with van der Waals surface area (Å²) in [6.45, 7) is 2.58. The molecule has 1 N–H and O–H groups in total. The van der Waals surface area contributed by atoms with Crippen molar-refractivity contribution in [3.63, 3.8) is 0 Å². The average molecular weight is 341 g/mol. The number of halogens is 1. The van der Waals surface area contributed by atoms with E-state index in [2.05, 4.69) is 33.2 Å². The Labute approximate surface area is 128 Å². The molecular weight excluding hydrogens is 320 g/mol. The van der Waals surface area contributed by atoms with Gasteiger partial charge in [-0.3, -0.25) is 4.79 Å². The van der Waals surface area contributed by atoms with E-state index < -0.39 is 0 Å². The van der Waals surface area contributed by atoms with Crippen molar-refractivity contribution in [2.75, 3.05) is 27.2 Å². The number of benzene rings is 1. The van der Waals surface area contributed by atoms with Crippen molar-refractivity contribution in [2.45, 2.75) is 25.5 Å². The molecule has 1 fully saturated rings. The van der Waals surface area contributed by atoms with Crippen molar-refractivity contribution in [3.05, 3.63) is 33.8 Å². The molecule has 2 rings (SSSR count). The van der Waals surface area contributed by atoms with Gasteiger partial charge in [0.2, 0.25) is 0 Å². The van der Waals surface area contributed by atoms with Gasteiger partial charge in [0.25, 0.3) is 5.91 Å². The Morgan fingerprint density at radius 1 is 1.45 bits per heavy atom. The molecule has 0 unspecified atom stereocenters. The van der Waals surface area contributed by atoms with Crippen molar-refractivity contribution in [3.8, 4) is 0 Å². The van der Waals surface area contributed by atoms with E-state index in [-0.39, 0.29) is 11.9 Å². The molecule has 1 aliphatic heterocycles. The molecule has 0 aliphatic carbocycles. The van der Waals surface area contributed by atoms with Crippen LogP contribution >= 0.6 is 15.9 Å². The van der Waals surface area contributed by atoms with Crippen LogP contribution in [0, 0.1) is 0 Å². The first-order chi connectivity index (χ1) is 9.60. The fourth-order valence-corrected chi connectivity index (χ4v) is 2.76. The number of ether oxygens (including phenoxy) is 1. The minimum absolute atomic E-state index is 0.00408. The second kappa shape index (κ2) is 7.20. The van der Waals surface area contributed by atoms with E-state index in [1.165, 1.54) is 0 Å². The lowest BCUT2D eigenvalue weighted by Gasteiger charge is -2.29. The number of nitrogens with zero attached hydrogens (tertiary/aromatic N) is 1. The Morgan fingerprint density at radius 3 is 2.80 bits per heavy atom. The molecule has 0 atom stereocenters. The fourth-order valence-electron chi connectivity index (χ4n) is 2.40. The summed E-state index contributed by atoms with van der Waals surface area (Å²) in [5, 5.41) is 3.12. The van der Waals surface area contributed by atoms with Crippen molar-refractivity contribution in [1.82, 2.24) is 10.2 Å². The highest BCUT2D eigenvalue weighted by molar-refractivity contribution is 9.10. The fraction of sp³-hybridized carbons (Fsp3) is 0.533. The Kier molecular flexibility index (Phi) is 5.57. The molecule has 1 amide bonds. The van der Waals surface area contributed by atoms with Crippen LogP contribution in [0.2, 0.25) is 0 Å². The molecule has 1 aromatic carbocycles. The van der Waals surface area contributed by atoms with Gasteiger partial charge in [0.1, 0.15) is 0 Å². The van der Waals surface area contributed by atoms with E-state index in [0.29, 0.717) is 12.2 Å². The molecule has 0 bridgehead atoms. The number of nitrogens with one attached hydrogen (secondary N) is 1. The third kappa shape index (κ3) is 4.04. The van der Waals surface area contributed by atoms with Crippen molar-refractivity contribution in [1.29, 1.82) is 0 Å². The average Bonchev–Trinajstić information content (AvgIpc) is 2.44. The van der Waals surface area contributed by atoms with Crippen LogP contribution in [0.25, 0.3) is 0 Å². The SMILES string of the molecule is COCc1cc(C(=O)NC2CCN(C)CC2)ccc1Br. The van der Waals surface area contributed by atoms with E-state index >= 15 is 0 Å². The van der Waals surface area contributed by atoms with Gasteiger partial charge in [-0.05, 0) is 56.7 Å². The summed E-state index contributed by atoms with van der Waals surface area (Å²) in [6, 6.07) is 5.91. The predicted molar refractivity (Wildman–Crippen MR) is 82.8 cm³/mol. The van der Waals surface area contributed by atoms with Gasteiger partial charge in [0, 0.05) is 23.2 Å². The predicted octanol–water partition coefficient (Wildman–Crippen LogP) is 2.42. The highest BCUT2D eigenvalue weighted by Gasteiger charge is 2.19. The lowest BCUT2D eigenvalue weighted by atomic mass is 10.0. The Balaban J connectivity index is 2.00. The van der Waals surface area contributed by atoms with Gasteiger partial charge in [-0.1, -0.05) is 15.9 Å². The summed E-state index contributed by atoms with van der Waals surface area (Å²) < 4.78 is 6.11. The van der Waals surface area contributed by atoms with Gasteiger partial charge in [-0.15, -0.1) is 0 Å². The number of piperidine rings is 1. The van der Waals surface area contributed by atoms with E-state index in [4.69, 9.17) is 4.74 Å². The summed E-state index contributed by atoms with van der Waals surface area (Å²) in [5.74, 6) is 0.00408. The summed E-state index contributed by atoms with van der Waals surface area (Å²) in [7, 11) is 3.77. The quantitative estimate of drug-likeness (QED) is 0.915. The monoisotopic (exact) mass is 340 g/mol. The van der Waals surface area contributed by atoms with Gasteiger partial charge in [-0.25, -0.2) is 0 Å². The second-order valence-electron chi connectivity index (χ2n) is 5.29. The molecule has 110 valence electrons. The number of rotatable bonds is 4.